The number of nitrogens with zero attached hydrogens (tertiary/aromatic N) is 3. The lowest BCUT2D eigenvalue weighted by Gasteiger charge is -2.13. The van der Waals surface area contributed by atoms with E-state index in [1.807, 2.05) is 6.92 Å². The molecule has 1 aromatic carbocycles. The summed E-state index contributed by atoms with van der Waals surface area (Å²) in [6, 6.07) is 8.31. The quantitative estimate of drug-likeness (QED) is 0.346. The summed E-state index contributed by atoms with van der Waals surface area (Å²) in [5, 5.41) is 21.8. The van der Waals surface area contributed by atoms with E-state index in [0.29, 0.717) is 22.7 Å². The number of carboxylic acid groups (broad SMARTS) is 1. The maximum absolute atomic E-state index is 12.5. The highest BCUT2D eigenvalue weighted by Gasteiger charge is 2.35. The summed E-state index contributed by atoms with van der Waals surface area (Å²) in [6.07, 6.45) is 1.26. The van der Waals surface area contributed by atoms with Crippen LogP contribution in [0.25, 0.3) is 10.6 Å². The molecule has 0 fully saturated rings. The van der Waals surface area contributed by atoms with Crippen LogP contribution in [-0.4, -0.2) is 26.8 Å². The third-order valence-electron chi connectivity index (χ3n) is 4.88. The molecule has 1 aliphatic rings. The Hall–Kier alpha value is -3.66. The van der Waals surface area contributed by atoms with Gasteiger partial charge in [-0.25, -0.2) is 14.8 Å². The standard InChI is InChI=1S/C20H15N3O6S/c1-10-8-13(29-20(26)11-2-4-12(5-3-11)23(27)28)17-16(10)18(22-9-21-17)14-6-7-15(30-14)19(24)25/h2-7,9-10,13H,8H2,1H3,(H,24,25)/p-1/t10-,13-/m1/s1. The van der Waals surface area contributed by atoms with Crippen LogP contribution in [0.1, 0.15) is 56.7 Å². The van der Waals surface area contributed by atoms with Crippen LogP contribution in [0.4, 0.5) is 5.69 Å². The maximum Gasteiger partial charge on any atom is 0.338 e. The second kappa shape index (κ2) is 7.64. The van der Waals surface area contributed by atoms with Gasteiger partial charge >= 0.3 is 5.97 Å². The number of rotatable bonds is 5. The van der Waals surface area contributed by atoms with Crippen molar-refractivity contribution in [3.05, 3.63) is 74.5 Å². The van der Waals surface area contributed by atoms with Crippen molar-refractivity contribution in [2.24, 2.45) is 0 Å². The highest BCUT2D eigenvalue weighted by molar-refractivity contribution is 7.17. The first-order valence-corrected chi connectivity index (χ1v) is 9.78. The topological polar surface area (TPSA) is 135 Å². The molecule has 0 spiro atoms. The number of thiophene rings is 1. The second-order valence-corrected chi connectivity index (χ2v) is 7.89. The van der Waals surface area contributed by atoms with Crippen molar-refractivity contribution >= 4 is 29.0 Å². The van der Waals surface area contributed by atoms with E-state index in [4.69, 9.17) is 4.74 Å². The molecule has 2 aromatic heterocycles. The van der Waals surface area contributed by atoms with Crippen molar-refractivity contribution in [1.82, 2.24) is 9.97 Å². The van der Waals surface area contributed by atoms with Crippen LogP contribution < -0.4 is 5.11 Å². The van der Waals surface area contributed by atoms with Crippen LogP contribution in [0.15, 0.2) is 42.7 Å². The van der Waals surface area contributed by atoms with Crippen LogP contribution in [0, 0.1) is 10.1 Å². The van der Waals surface area contributed by atoms with Crippen molar-refractivity contribution < 1.29 is 24.4 Å². The van der Waals surface area contributed by atoms with Gasteiger partial charge in [0.05, 0.1) is 37.6 Å². The number of carbonyl (C=O) groups excluding carboxylic acids is 2. The molecule has 9 nitrogen and oxygen atoms in total. The Morgan fingerprint density at radius 3 is 2.53 bits per heavy atom. The number of carbonyl (C=O) groups is 2. The Morgan fingerprint density at radius 1 is 1.17 bits per heavy atom. The fraction of sp³-hybridized carbons (Fsp3) is 0.200. The van der Waals surface area contributed by atoms with E-state index >= 15 is 0 Å². The third kappa shape index (κ3) is 3.52. The molecule has 1 aliphatic carbocycles. The summed E-state index contributed by atoms with van der Waals surface area (Å²) in [5.74, 6) is -1.87. The lowest BCUT2D eigenvalue weighted by Crippen LogP contribution is -2.20. The Morgan fingerprint density at radius 2 is 1.90 bits per heavy atom. The molecule has 0 saturated heterocycles. The zero-order chi connectivity index (χ0) is 21.4. The number of fused-ring (bicyclic) bond motifs is 1. The molecule has 152 valence electrons. The van der Waals surface area contributed by atoms with Crippen LogP contribution in [0.5, 0.6) is 0 Å². The number of nitro benzene ring substituents is 1. The summed E-state index contributed by atoms with van der Waals surface area (Å²) in [4.78, 5) is 43.2. The molecule has 0 saturated carbocycles. The van der Waals surface area contributed by atoms with E-state index in [-0.39, 0.29) is 22.0 Å². The Kier molecular flexibility index (Phi) is 5.00. The first kappa shape index (κ1) is 19.6. The van der Waals surface area contributed by atoms with Crippen molar-refractivity contribution in [3.8, 4) is 10.6 Å². The number of aromatic carboxylic acids is 1. The molecule has 2 heterocycles. The molecule has 3 aromatic rings. The molecule has 10 heteroatoms. The third-order valence-corrected chi connectivity index (χ3v) is 5.96. The number of benzene rings is 1. The largest absolute Gasteiger partial charge is 0.544 e. The minimum atomic E-state index is -1.25. The smallest absolute Gasteiger partial charge is 0.338 e. The first-order chi connectivity index (χ1) is 14.3. The van der Waals surface area contributed by atoms with Gasteiger partial charge in [0.25, 0.3) is 5.69 Å². The molecular weight excluding hydrogens is 410 g/mol. The average molecular weight is 424 g/mol. The SMILES string of the molecule is C[C@@H]1C[C@@H](OC(=O)c2ccc([N+](=O)[O-])cc2)c2ncnc(-c3ccc(C(=O)[O-])s3)c21. The van der Waals surface area contributed by atoms with E-state index in [1.165, 1.54) is 36.7 Å². The number of carboxylic acids is 1. The Balaban J connectivity index is 1.61. The van der Waals surface area contributed by atoms with E-state index in [9.17, 15) is 24.8 Å². The lowest BCUT2D eigenvalue weighted by molar-refractivity contribution is -0.384. The maximum atomic E-state index is 12.5. The van der Waals surface area contributed by atoms with E-state index in [1.54, 1.807) is 6.07 Å². The lowest BCUT2D eigenvalue weighted by atomic mass is 10.0. The van der Waals surface area contributed by atoms with Gasteiger partial charge in [-0.1, -0.05) is 6.92 Å². The molecule has 0 N–H and O–H groups in total. The zero-order valence-electron chi connectivity index (χ0n) is 15.6. The van der Waals surface area contributed by atoms with Crippen LogP contribution in [0.2, 0.25) is 0 Å². The number of hydrogen-bond donors (Lipinski definition) is 0. The summed E-state index contributed by atoms with van der Waals surface area (Å²) >= 11 is 1.06. The van der Waals surface area contributed by atoms with Crippen molar-refractivity contribution in [3.63, 3.8) is 0 Å². The van der Waals surface area contributed by atoms with Crippen molar-refractivity contribution in [2.45, 2.75) is 25.4 Å². The Bertz CT molecular complexity index is 1160. The van der Waals surface area contributed by atoms with Crippen LogP contribution in [0.3, 0.4) is 0 Å². The molecular formula is C20H14N3O6S-. The van der Waals surface area contributed by atoms with Crippen LogP contribution >= 0.6 is 11.3 Å². The van der Waals surface area contributed by atoms with Crippen LogP contribution in [-0.2, 0) is 4.74 Å². The molecule has 30 heavy (non-hydrogen) atoms. The summed E-state index contributed by atoms with van der Waals surface area (Å²) in [6.45, 7) is 1.96. The van der Waals surface area contributed by atoms with Gasteiger partial charge in [-0.3, -0.25) is 10.1 Å². The van der Waals surface area contributed by atoms with Gasteiger partial charge in [0.15, 0.2) is 0 Å². The van der Waals surface area contributed by atoms with Gasteiger partial charge in [-0.15, -0.1) is 11.3 Å². The molecule has 0 aliphatic heterocycles. The number of ether oxygens (including phenoxy) is 1. The van der Waals surface area contributed by atoms with Gasteiger partial charge in [0, 0.05) is 17.7 Å². The fourth-order valence-corrected chi connectivity index (χ4v) is 4.35. The van der Waals surface area contributed by atoms with Gasteiger partial charge in [0.2, 0.25) is 0 Å². The Labute approximate surface area is 174 Å². The van der Waals surface area contributed by atoms with Crippen molar-refractivity contribution in [1.29, 1.82) is 0 Å². The number of aromatic nitrogens is 2. The molecule has 0 amide bonds. The fourth-order valence-electron chi connectivity index (χ4n) is 3.49. The molecule has 4 rings (SSSR count). The number of hydrogen-bond acceptors (Lipinski definition) is 9. The number of nitro groups is 1. The normalized spacial score (nSPS) is 17.4. The molecule has 0 unspecified atom stereocenters. The van der Waals surface area contributed by atoms with Gasteiger partial charge in [-0.05, 0) is 36.6 Å². The second-order valence-electron chi connectivity index (χ2n) is 6.81. The summed E-state index contributed by atoms with van der Waals surface area (Å²) in [5.41, 5.74) is 2.08. The minimum Gasteiger partial charge on any atom is -0.544 e. The van der Waals surface area contributed by atoms with Gasteiger partial charge < -0.3 is 14.6 Å². The first-order valence-electron chi connectivity index (χ1n) is 8.97. The average Bonchev–Trinajstić information content (AvgIpc) is 3.34. The van der Waals surface area contributed by atoms with Crippen molar-refractivity contribution in [2.75, 3.05) is 0 Å². The van der Waals surface area contributed by atoms with Gasteiger partial charge in [-0.2, -0.15) is 0 Å². The molecule has 2 atom stereocenters. The number of esters is 1. The molecule has 0 bridgehead atoms. The highest BCUT2D eigenvalue weighted by Crippen LogP contribution is 2.45. The van der Waals surface area contributed by atoms with E-state index < -0.39 is 23.0 Å². The number of non-ortho nitro benzene ring substituents is 1. The van der Waals surface area contributed by atoms with Gasteiger partial charge in [0.1, 0.15) is 12.4 Å². The predicted octanol–water partition coefficient (Wildman–Crippen LogP) is 2.88. The minimum absolute atomic E-state index is 0.0145. The summed E-state index contributed by atoms with van der Waals surface area (Å²) in [7, 11) is 0. The predicted molar refractivity (Wildman–Crippen MR) is 104 cm³/mol. The summed E-state index contributed by atoms with van der Waals surface area (Å²) < 4.78 is 5.63. The molecule has 0 radical (unpaired) electrons. The highest BCUT2D eigenvalue weighted by atomic mass is 32.1. The zero-order valence-corrected chi connectivity index (χ0v) is 16.4. The van der Waals surface area contributed by atoms with E-state index in [0.717, 1.165) is 16.9 Å². The van der Waals surface area contributed by atoms with E-state index in [2.05, 4.69) is 9.97 Å². The monoisotopic (exact) mass is 424 g/mol.